The SMILES string of the molecule is ClC(Cl)(Cl)Cl.S=C=S. The molecule has 0 radical (unpaired) electrons. The van der Waals surface area contributed by atoms with Gasteiger partial charge in [-0.05, 0) is 24.4 Å². The third-order valence-corrected chi connectivity index (χ3v) is 0. The zero-order chi connectivity index (χ0) is 7.21. The molecule has 0 bridgehead atoms. The number of thiocarbonyl (C=S) groups is 2. The zero-order valence-electron chi connectivity index (χ0n) is 3.33. The highest BCUT2D eigenvalue weighted by molar-refractivity contribution is 7.93. The summed E-state index contributed by atoms with van der Waals surface area (Å²) in [6, 6.07) is 0. The van der Waals surface area contributed by atoms with Crippen LogP contribution in [0.15, 0.2) is 0 Å². The van der Waals surface area contributed by atoms with Crippen molar-refractivity contribution in [2.24, 2.45) is 0 Å². The number of hydrogen-bond donors (Lipinski definition) is 0. The molecule has 0 aliphatic carbocycles. The van der Waals surface area contributed by atoms with E-state index in [-0.39, 0.29) is 0 Å². The number of alkyl halides is 4. The predicted molar refractivity (Wildman–Crippen MR) is 46.3 cm³/mol. The first-order chi connectivity index (χ1) is 3.41. The average molecular weight is 230 g/mol. The second kappa shape index (κ2) is 6.50. The van der Waals surface area contributed by atoms with E-state index in [0.717, 1.165) is 0 Å². The minimum atomic E-state index is -1.61. The third kappa shape index (κ3) is 158. The van der Waals surface area contributed by atoms with Crippen molar-refractivity contribution in [3.8, 4) is 0 Å². The molecule has 0 atom stereocenters. The maximum absolute atomic E-state index is 4.83. The molecule has 0 saturated heterocycles. The van der Waals surface area contributed by atoms with Crippen LogP contribution in [-0.2, 0) is 0 Å². The van der Waals surface area contributed by atoms with Gasteiger partial charge >= 0.3 is 0 Å². The van der Waals surface area contributed by atoms with Gasteiger partial charge in [0.2, 0.25) is 0 Å². The summed E-state index contributed by atoms with van der Waals surface area (Å²) in [5.74, 6) is 0. The van der Waals surface area contributed by atoms with E-state index in [9.17, 15) is 0 Å². The van der Waals surface area contributed by atoms with E-state index >= 15 is 0 Å². The number of rotatable bonds is 0. The van der Waals surface area contributed by atoms with Gasteiger partial charge in [0.25, 0.3) is 3.25 Å². The molecule has 8 heavy (non-hydrogen) atoms. The highest BCUT2D eigenvalue weighted by atomic mass is 35.6. The lowest BCUT2D eigenvalue weighted by molar-refractivity contribution is 1.76. The van der Waals surface area contributed by atoms with E-state index < -0.39 is 3.25 Å². The first-order valence-electron chi connectivity index (χ1n) is 1.16. The topological polar surface area (TPSA) is 0 Å². The minimum absolute atomic E-state index is 1.61. The molecule has 0 rings (SSSR count). The van der Waals surface area contributed by atoms with Crippen LogP contribution in [0.4, 0.5) is 0 Å². The summed E-state index contributed by atoms with van der Waals surface area (Å²) < 4.78 is 0.306. The monoisotopic (exact) mass is 228 g/mol. The minimum Gasteiger partial charge on any atom is -0.0664 e. The smallest absolute Gasteiger partial charge is 0.0664 e. The van der Waals surface area contributed by atoms with Gasteiger partial charge in [0.1, 0.15) is 0 Å². The predicted octanol–water partition coefficient (Wildman–Crippen LogP) is 3.57. The maximum atomic E-state index is 4.83. The van der Waals surface area contributed by atoms with E-state index in [1.165, 1.54) is 0 Å². The second-order valence-corrected chi connectivity index (χ2v) is 4.61. The van der Waals surface area contributed by atoms with Gasteiger partial charge in [-0.15, -0.1) is 0 Å². The molecule has 0 amide bonds. The molecule has 0 N–H and O–H groups in total. The van der Waals surface area contributed by atoms with Crippen LogP contribution in [0.5, 0.6) is 0 Å². The van der Waals surface area contributed by atoms with Crippen LogP contribution >= 0.6 is 70.8 Å². The van der Waals surface area contributed by atoms with Crippen molar-refractivity contribution in [2.75, 3.05) is 0 Å². The molecule has 0 aliphatic rings. The molecule has 0 aliphatic heterocycles. The highest BCUT2D eigenvalue weighted by Crippen LogP contribution is 2.29. The molecule has 0 aromatic carbocycles. The van der Waals surface area contributed by atoms with Crippen LogP contribution in [0.25, 0.3) is 0 Å². The summed E-state index contributed by atoms with van der Waals surface area (Å²) >= 11 is 27.2. The molecular formula is C2Cl4S2. The fourth-order valence-corrected chi connectivity index (χ4v) is 0. The maximum Gasteiger partial charge on any atom is 0.266 e. The Bertz CT molecular complexity index is 72.5. The highest BCUT2D eigenvalue weighted by Gasteiger charge is 2.11. The fraction of sp³-hybridized carbons (Fsp3) is 0.500. The Balaban J connectivity index is 0. The third-order valence-electron chi connectivity index (χ3n) is 0. The lowest BCUT2D eigenvalue weighted by atomic mass is 11.8. The molecular weight excluding hydrogens is 230 g/mol. The number of hydrogen-bond acceptors (Lipinski definition) is 2. The Kier molecular flexibility index (Phi) is 9.83. The van der Waals surface area contributed by atoms with E-state index in [0.29, 0.717) is 0 Å². The normalized spacial score (nSPS) is 8.50. The van der Waals surface area contributed by atoms with Crippen molar-refractivity contribution in [1.82, 2.24) is 0 Å². The molecule has 0 saturated carbocycles. The van der Waals surface area contributed by atoms with Crippen molar-refractivity contribution in [3.05, 3.63) is 0 Å². The van der Waals surface area contributed by atoms with Crippen LogP contribution in [0.1, 0.15) is 0 Å². The Morgan fingerprint density at radius 2 is 1.00 bits per heavy atom. The summed E-state index contributed by atoms with van der Waals surface area (Å²) in [4.78, 5) is 0. The van der Waals surface area contributed by atoms with Crippen molar-refractivity contribution in [3.63, 3.8) is 0 Å². The van der Waals surface area contributed by atoms with E-state index in [1.807, 2.05) is 4.31 Å². The van der Waals surface area contributed by atoms with E-state index in [2.05, 4.69) is 24.4 Å². The lowest BCUT2D eigenvalue weighted by Crippen LogP contribution is -1.81. The molecule has 0 unspecified atom stereocenters. The molecule has 0 spiro atoms. The zero-order valence-corrected chi connectivity index (χ0v) is 7.99. The van der Waals surface area contributed by atoms with Gasteiger partial charge in [-0.1, -0.05) is 46.4 Å². The van der Waals surface area contributed by atoms with Crippen LogP contribution in [0.3, 0.4) is 0 Å². The fourth-order valence-electron chi connectivity index (χ4n) is 0. The van der Waals surface area contributed by atoms with E-state index in [1.54, 1.807) is 0 Å². The van der Waals surface area contributed by atoms with Crippen LogP contribution in [0, 0.1) is 0 Å². The van der Waals surface area contributed by atoms with Gasteiger partial charge in [-0.2, -0.15) is 0 Å². The summed E-state index contributed by atoms with van der Waals surface area (Å²) in [6.45, 7) is 0. The summed E-state index contributed by atoms with van der Waals surface area (Å²) in [5.41, 5.74) is 0. The van der Waals surface area contributed by atoms with Crippen molar-refractivity contribution >= 4 is 75.2 Å². The quantitative estimate of drug-likeness (QED) is 0.460. The molecule has 0 fully saturated rings. The second-order valence-electron chi connectivity index (χ2n) is 0.512. The summed E-state index contributed by atoms with van der Waals surface area (Å²) in [7, 11) is 0. The van der Waals surface area contributed by atoms with Gasteiger partial charge < -0.3 is 0 Å². The van der Waals surface area contributed by atoms with Crippen LogP contribution in [-0.4, -0.2) is 7.57 Å². The molecule has 0 heterocycles. The van der Waals surface area contributed by atoms with Crippen LogP contribution in [0.2, 0.25) is 0 Å². The standard InChI is InChI=1S/CCl4.CS2/c2-1(3,4)5;2-1-3. The van der Waals surface area contributed by atoms with Crippen molar-refractivity contribution in [2.45, 2.75) is 3.25 Å². The van der Waals surface area contributed by atoms with Gasteiger partial charge in [0.15, 0.2) is 0 Å². The van der Waals surface area contributed by atoms with Gasteiger partial charge in [-0.3, -0.25) is 0 Å². The van der Waals surface area contributed by atoms with Crippen molar-refractivity contribution < 1.29 is 0 Å². The average Bonchev–Trinajstić information content (AvgIpc) is 1.27. The van der Waals surface area contributed by atoms with E-state index in [4.69, 9.17) is 46.4 Å². The van der Waals surface area contributed by atoms with Gasteiger partial charge in [-0.25, -0.2) is 0 Å². The molecule has 0 aromatic rings. The van der Waals surface area contributed by atoms with Crippen molar-refractivity contribution in [1.29, 1.82) is 0 Å². The Labute approximate surface area is 78.0 Å². The Hall–Kier alpha value is 1.38. The van der Waals surface area contributed by atoms with Crippen LogP contribution < -0.4 is 0 Å². The summed E-state index contributed by atoms with van der Waals surface area (Å²) in [5, 5.41) is 0. The largest absolute Gasteiger partial charge is 0.266 e. The first-order valence-corrected chi connectivity index (χ1v) is 3.49. The summed E-state index contributed by atoms with van der Waals surface area (Å²) in [6.07, 6.45) is 0. The molecule has 0 nitrogen and oxygen atoms in total. The first kappa shape index (κ1) is 12.1. The number of halogens is 4. The van der Waals surface area contributed by atoms with Gasteiger partial charge in [0.05, 0.1) is 0 Å². The van der Waals surface area contributed by atoms with Gasteiger partial charge in [0, 0.05) is 4.31 Å². The Morgan fingerprint density at radius 1 is 1.00 bits per heavy atom. The molecule has 6 heteroatoms. The molecule has 0 aromatic heterocycles. The molecule has 48 valence electrons. The Morgan fingerprint density at radius 3 is 1.00 bits per heavy atom. The lowest BCUT2D eigenvalue weighted by Gasteiger charge is -1.91.